The van der Waals surface area contributed by atoms with Gasteiger partial charge in [0, 0.05) is 24.0 Å². The molecule has 2 amide bonds. The molecule has 0 saturated heterocycles. The van der Waals surface area contributed by atoms with E-state index in [0.29, 0.717) is 18.1 Å². The Kier molecular flexibility index (Phi) is 5.23. The highest BCUT2D eigenvalue weighted by molar-refractivity contribution is 6.30. The van der Waals surface area contributed by atoms with E-state index in [1.54, 1.807) is 4.90 Å². The van der Waals surface area contributed by atoms with E-state index in [4.69, 9.17) is 11.6 Å². The minimum atomic E-state index is -0.104. The summed E-state index contributed by atoms with van der Waals surface area (Å²) in [4.78, 5) is 25.7. The number of carbonyl (C=O) groups is 2. The molecule has 0 aromatic heterocycles. The lowest BCUT2D eigenvalue weighted by Crippen LogP contribution is -2.41. The SMILES string of the molecule is CCNC(=O)CN(CC)C(=O)[C@@H]1C[C@H]1c1cccc(Cl)c1. The van der Waals surface area contributed by atoms with Crippen molar-refractivity contribution in [1.29, 1.82) is 0 Å². The lowest BCUT2D eigenvalue weighted by molar-refractivity contribution is -0.137. The van der Waals surface area contributed by atoms with Gasteiger partial charge in [0.1, 0.15) is 0 Å². The summed E-state index contributed by atoms with van der Waals surface area (Å²) >= 11 is 5.99. The van der Waals surface area contributed by atoms with Gasteiger partial charge in [-0.3, -0.25) is 9.59 Å². The fourth-order valence-electron chi connectivity index (χ4n) is 2.58. The largest absolute Gasteiger partial charge is 0.355 e. The van der Waals surface area contributed by atoms with Crippen molar-refractivity contribution in [3.05, 3.63) is 34.9 Å². The summed E-state index contributed by atoms with van der Waals surface area (Å²) < 4.78 is 0. The van der Waals surface area contributed by atoms with Gasteiger partial charge < -0.3 is 10.2 Å². The van der Waals surface area contributed by atoms with Crippen LogP contribution in [0, 0.1) is 5.92 Å². The van der Waals surface area contributed by atoms with Crippen LogP contribution in [-0.2, 0) is 9.59 Å². The zero-order valence-corrected chi connectivity index (χ0v) is 13.2. The molecule has 114 valence electrons. The van der Waals surface area contributed by atoms with E-state index in [9.17, 15) is 9.59 Å². The zero-order valence-electron chi connectivity index (χ0n) is 12.4. The third kappa shape index (κ3) is 3.97. The van der Waals surface area contributed by atoms with E-state index in [1.165, 1.54) is 0 Å². The average molecular weight is 309 g/mol. The maximum Gasteiger partial charge on any atom is 0.239 e. The van der Waals surface area contributed by atoms with Crippen LogP contribution in [0.1, 0.15) is 31.7 Å². The summed E-state index contributed by atoms with van der Waals surface area (Å²) in [5.41, 5.74) is 1.11. The Morgan fingerprint density at radius 2 is 2.14 bits per heavy atom. The summed E-state index contributed by atoms with van der Waals surface area (Å²) in [6.07, 6.45) is 0.838. The summed E-state index contributed by atoms with van der Waals surface area (Å²) in [6, 6.07) is 7.66. The van der Waals surface area contributed by atoms with Crippen LogP contribution in [0.2, 0.25) is 5.02 Å². The van der Waals surface area contributed by atoms with Crippen molar-refractivity contribution in [1.82, 2.24) is 10.2 Å². The topological polar surface area (TPSA) is 49.4 Å². The highest BCUT2D eigenvalue weighted by Gasteiger charge is 2.45. The van der Waals surface area contributed by atoms with Gasteiger partial charge in [-0.15, -0.1) is 0 Å². The van der Waals surface area contributed by atoms with Crippen molar-refractivity contribution in [2.24, 2.45) is 5.92 Å². The zero-order chi connectivity index (χ0) is 15.4. The van der Waals surface area contributed by atoms with Crippen molar-refractivity contribution in [2.75, 3.05) is 19.6 Å². The Morgan fingerprint density at radius 1 is 1.38 bits per heavy atom. The van der Waals surface area contributed by atoms with Crippen LogP contribution in [0.25, 0.3) is 0 Å². The van der Waals surface area contributed by atoms with Crippen molar-refractivity contribution < 1.29 is 9.59 Å². The van der Waals surface area contributed by atoms with Crippen LogP contribution in [0.15, 0.2) is 24.3 Å². The van der Waals surface area contributed by atoms with Gasteiger partial charge >= 0.3 is 0 Å². The van der Waals surface area contributed by atoms with Crippen molar-refractivity contribution in [3.63, 3.8) is 0 Å². The van der Waals surface area contributed by atoms with Gasteiger partial charge in [0.15, 0.2) is 0 Å². The number of carbonyl (C=O) groups excluding carboxylic acids is 2. The number of nitrogens with zero attached hydrogens (tertiary/aromatic N) is 1. The first kappa shape index (κ1) is 15.8. The van der Waals surface area contributed by atoms with E-state index in [0.717, 1.165) is 12.0 Å². The monoisotopic (exact) mass is 308 g/mol. The Labute approximate surface area is 130 Å². The number of hydrogen-bond donors (Lipinski definition) is 1. The van der Waals surface area contributed by atoms with Gasteiger partial charge in [0.2, 0.25) is 11.8 Å². The van der Waals surface area contributed by atoms with Gasteiger partial charge in [0.25, 0.3) is 0 Å². The van der Waals surface area contributed by atoms with Crippen LogP contribution in [0.5, 0.6) is 0 Å². The molecule has 0 aliphatic heterocycles. The number of amides is 2. The van der Waals surface area contributed by atoms with Gasteiger partial charge in [-0.05, 0) is 43.9 Å². The van der Waals surface area contributed by atoms with E-state index in [2.05, 4.69) is 5.32 Å². The third-order valence-electron chi connectivity index (χ3n) is 3.79. The molecular weight excluding hydrogens is 288 g/mol. The first-order chi connectivity index (χ1) is 10.1. The number of hydrogen-bond acceptors (Lipinski definition) is 2. The molecule has 4 nitrogen and oxygen atoms in total. The van der Waals surface area contributed by atoms with E-state index >= 15 is 0 Å². The molecule has 1 N–H and O–H groups in total. The molecule has 0 bridgehead atoms. The number of nitrogens with one attached hydrogen (secondary N) is 1. The molecule has 1 fully saturated rings. The number of rotatable bonds is 6. The number of halogens is 1. The molecule has 2 rings (SSSR count). The minimum Gasteiger partial charge on any atom is -0.355 e. The fourth-order valence-corrected chi connectivity index (χ4v) is 2.78. The predicted octanol–water partition coefficient (Wildman–Crippen LogP) is 2.43. The second kappa shape index (κ2) is 6.94. The first-order valence-electron chi connectivity index (χ1n) is 7.37. The molecule has 0 radical (unpaired) electrons. The summed E-state index contributed by atoms with van der Waals surface area (Å²) in [6.45, 7) is 5.04. The molecular formula is C16H21ClN2O2. The summed E-state index contributed by atoms with van der Waals surface area (Å²) in [5, 5.41) is 3.42. The highest BCUT2D eigenvalue weighted by atomic mass is 35.5. The molecule has 1 aliphatic carbocycles. The Morgan fingerprint density at radius 3 is 2.76 bits per heavy atom. The minimum absolute atomic E-state index is 0.0159. The highest BCUT2D eigenvalue weighted by Crippen LogP contribution is 2.48. The second-order valence-corrected chi connectivity index (χ2v) is 5.75. The lowest BCUT2D eigenvalue weighted by atomic mass is 10.1. The Bertz CT molecular complexity index is 533. The molecule has 2 atom stereocenters. The molecule has 5 heteroatoms. The molecule has 0 unspecified atom stereocenters. The second-order valence-electron chi connectivity index (χ2n) is 5.31. The van der Waals surface area contributed by atoms with Crippen LogP contribution in [0.3, 0.4) is 0 Å². The molecule has 1 saturated carbocycles. The van der Waals surface area contributed by atoms with E-state index < -0.39 is 0 Å². The number of benzene rings is 1. The smallest absolute Gasteiger partial charge is 0.239 e. The van der Waals surface area contributed by atoms with Crippen LogP contribution in [-0.4, -0.2) is 36.3 Å². The van der Waals surface area contributed by atoms with Crippen LogP contribution >= 0.6 is 11.6 Å². The molecule has 1 aromatic rings. The van der Waals surface area contributed by atoms with Gasteiger partial charge in [-0.1, -0.05) is 23.7 Å². The lowest BCUT2D eigenvalue weighted by Gasteiger charge is -2.20. The van der Waals surface area contributed by atoms with E-state index in [1.807, 2.05) is 38.1 Å². The van der Waals surface area contributed by atoms with E-state index in [-0.39, 0.29) is 30.2 Å². The van der Waals surface area contributed by atoms with Gasteiger partial charge in [-0.25, -0.2) is 0 Å². The van der Waals surface area contributed by atoms with Crippen LogP contribution < -0.4 is 5.32 Å². The quantitative estimate of drug-likeness (QED) is 0.877. The first-order valence-corrected chi connectivity index (χ1v) is 7.75. The normalized spacial score (nSPS) is 20.0. The standard InChI is InChI=1S/C16H21ClN2O2/c1-3-18-15(20)10-19(4-2)16(21)14-9-13(14)11-6-5-7-12(17)8-11/h5-8,13-14H,3-4,9-10H2,1-2H3,(H,18,20)/t13-,14+/m0/s1. The Hall–Kier alpha value is -1.55. The molecule has 1 aliphatic rings. The number of likely N-dealkylation sites (N-methyl/N-ethyl adjacent to an activating group) is 2. The summed E-state index contributed by atoms with van der Waals surface area (Å²) in [7, 11) is 0. The summed E-state index contributed by atoms with van der Waals surface area (Å²) in [5.74, 6) is 0.179. The molecule has 1 aromatic carbocycles. The van der Waals surface area contributed by atoms with Crippen molar-refractivity contribution in [2.45, 2.75) is 26.2 Å². The van der Waals surface area contributed by atoms with Gasteiger partial charge in [-0.2, -0.15) is 0 Å². The van der Waals surface area contributed by atoms with Gasteiger partial charge in [0.05, 0.1) is 6.54 Å². The molecule has 0 heterocycles. The maximum atomic E-state index is 12.5. The molecule has 21 heavy (non-hydrogen) atoms. The molecule has 0 spiro atoms. The van der Waals surface area contributed by atoms with Crippen LogP contribution in [0.4, 0.5) is 0 Å². The predicted molar refractivity (Wildman–Crippen MR) is 83.2 cm³/mol. The Balaban J connectivity index is 1.96. The maximum absolute atomic E-state index is 12.5. The van der Waals surface area contributed by atoms with Crippen molar-refractivity contribution in [3.8, 4) is 0 Å². The third-order valence-corrected chi connectivity index (χ3v) is 4.02. The average Bonchev–Trinajstić information content (AvgIpc) is 3.25. The van der Waals surface area contributed by atoms with Crippen molar-refractivity contribution >= 4 is 23.4 Å². The fraction of sp³-hybridized carbons (Fsp3) is 0.500.